The fourth-order valence-electron chi connectivity index (χ4n) is 2.13. The number of rotatable bonds is 7. The largest absolute Gasteiger partial charge is 0.496 e. The predicted molar refractivity (Wildman–Crippen MR) is 97.4 cm³/mol. The van der Waals surface area contributed by atoms with Crippen molar-refractivity contribution in [2.45, 2.75) is 13.3 Å². The van der Waals surface area contributed by atoms with Crippen molar-refractivity contribution >= 4 is 27.5 Å². The summed E-state index contributed by atoms with van der Waals surface area (Å²) in [6.07, 6.45) is 0.890. The number of ether oxygens (including phenoxy) is 3. The van der Waals surface area contributed by atoms with Gasteiger partial charge in [0.05, 0.1) is 36.6 Å². The lowest BCUT2D eigenvalue weighted by Gasteiger charge is -2.14. The van der Waals surface area contributed by atoms with Crippen LogP contribution in [0.25, 0.3) is 0 Å². The number of para-hydroxylation sites is 2. The molecule has 1 amide bonds. The molecule has 0 aliphatic carbocycles. The maximum atomic E-state index is 12.7. The number of anilines is 1. The number of benzene rings is 2. The van der Waals surface area contributed by atoms with E-state index in [1.165, 1.54) is 7.11 Å². The van der Waals surface area contributed by atoms with E-state index in [2.05, 4.69) is 21.2 Å². The zero-order valence-electron chi connectivity index (χ0n) is 13.9. The van der Waals surface area contributed by atoms with Crippen LogP contribution in [-0.2, 0) is 0 Å². The first-order valence-corrected chi connectivity index (χ1v) is 8.34. The van der Waals surface area contributed by atoms with E-state index >= 15 is 0 Å². The van der Waals surface area contributed by atoms with Gasteiger partial charge in [-0.2, -0.15) is 0 Å². The van der Waals surface area contributed by atoms with Crippen LogP contribution in [0.3, 0.4) is 0 Å². The Balaban J connectivity index is 2.29. The molecule has 5 nitrogen and oxygen atoms in total. The third-order valence-electron chi connectivity index (χ3n) is 3.32. The van der Waals surface area contributed by atoms with Gasteiger partial charge in [0.1, 0.15) is 17.2 Å². The Kier molecular flexibility index (Phi) is 6.49. The van der Waals surface area contributed by atoms with Crippen molar-refractivity contribution in [2.24, 2.45) is 0 Å². The molecule has 2 aromatic rings. The van der Waals surface area contributed by atoms with Crippen LogP contribution >= 0.6 is 15.9 Å². The fraction of sp³-hybridized carbons (Fsp3) is 0.278. The minimum Gasteiger partial charge on any atom is -0.496 e. The number of carbonyl (C=O) groups excluding carboxylic acids is 1. The molecule has 0 aromatic heterocycles. The van der Waals surface area contributed by atoms with Gasteiger partial charge in [-0.05, 0) is 40.5 Å². The van der Waals surface area contributed by atoms with Gasteiger partial charge in [-0.3, -0.25) is 4.79 Å². The molecule has 0 aliphatic heterocycles. The van der Waals surface area contributed by atoms with Crippen LogP contribution in [0.4, 0.5) is 5.69 Å². The number of hydrogen-bond donors (Lipinski definition) is 1. The van der Waals surface area contributed by atoms with E-state index in [1.807, 2.05) is 25.1 Å². The minimum absolute atomic E-state index is 0.289. The highest BCUT2D eigenvalue weighted by atomic mass is 79.9. The number of carbonyl (C=O) groups is 1. The van der Waals surface area contributed by atoms with Gasteiger partial charge in [-0.1, -0.05) is 19.1 Å². The lowest BCUT2D eigenvalue weighted by atomic mass is 10.1. The summed E-state index contributed by atoms with van der Waals surface area (Å²) < 4.78 is 16.9. The third-order valence-corrected chi connectivity index (χ3v) is 3.94. The summed E-state index contributed by atoms with van der Waals surface area (Å²) in [6, 6.07) is 10.7. The maximum Gasteiger partial charge on any atom is 0.259 e. The van der Waals surface area contributed by atoms with Crippen molar-refractivity contribution in [1.82, 2.24) is 0 Å². The zero-order chi connectivity index (χ0) is 17.5. The van der Waals surface area contributed by atoms with E-state index in [-0.39, 0.29) is 5.91 Å². The number of methoxy groups -OCH3 is 2. The normalized spacial score (nSPS) is 10.2. The van der Waals surface area contributed by atoms with Gasteiger partial charge in [0.2, 0.25) is 0 Å². The Labute approximate surface area is 150 Å². The highest BCUT2D eigenvalue weighted by Gasteiger charge is 2.17. The molecule has 2 rings (SSSR count). The first-order chi connectivity index (χ1) is 11.6. The van der Waals surface area contributed by atoms with Crippen molar-refractivity contribution in [1.29, 1.82) is 0 Å². The molecule has 0 unspecified atom stereocenters. The standard InChI is InChI=1S/C18H20BrNO4/c1-4-9-24-15-8-6-5-7-14(15)20-18(21)12-10-13(19)17(23-3)11-16(12)22-2/h5-8,10-11H,4,9H2,1-3H3,(H,20,21). The molecule has 0 spiro atoms. The third kappa shape index (κ3) is 4.20. The molecule has 24 heavy (non-hydrogen) atoms. The van der Waals surface area contributed by atoms with Gasteiger partial charge in [0, 0.05) is 6.07 Å². The van der Waals surface area contributed by atoms with Gasteiger partial charge < -0.3 is 19.5 Å². The second-order valence-electron chi connectivity index (χ2n) is 4.99. The molecule has 128 valence electrons. The van der Waals surface area contributed by atoms with Crippen molar-refractivity contribution in [2.75, 3.05) is 26.1 Å². The lowest BCUT2D eigenvalue weighted by Crippen LogP contribution is -2.14. The molecular weight excluding hydrogens is 374 g/mol. The van der Waals surface area contributed by atoms with Crippen molar-refractivity contribution in [3.8, 4) is 17.2 Å². The summed E-state index contributed by atoms with van der Waals surface area (Å²) in [5.41, 5.74) is 1.01. The minimum atomic E-state index is -0.289. The average Bonchev–Trinajstić information content (AvgIpc) is 2.60. The van der Waals surface area contributed by atoms with Crippen LogP contribution in [0.15, 0.2) is 40.9 Å². The van der Waals surface area contributed by atoms with Gasteiger partial charge in [0.15, 0.2) is 0 Å². The summed E-state index contributed by atoms with van der Waals surface area (Å²) in [6.45, 7) is 2.62. The number of amides is 1. The maximum absolute atomic E-state index is 12.7. The van der Waals surface area contributed by atoms with Gasteiger partial charge in [0.25, 0.3) is 5.91 Å². The molecule has 6 heteroatoms. The molecule has 2 aromatic carbocycles. The first-order valence-electron chi connectivity index (χ1n) is 7.55. The Bertz CT molecular complexity index is 718. The Morgan fingerprint density at radius 3 is 2.46 bits per heavy atom. The highest BCUT2D eigenvalue weighted by molar-refractivity contribution is 9.10. The molecule has 0 fully saturated rings. The van der Waals surface area contributed by atoms with Crippen LogP contribution < -0.4 is 19.5 Å². The second kappa shape index (κ2) is 8.59. The molecule has 0 radical (unpaired) electrons. The molecule has 0 aliphatic rings. The number of halogens is 1. The Hall–Kier alpha value is -2.21. The quantitative estimate of drug-likeness (QED) is 0.751. The summed E-state index contributed by atoms with van der Waals surface area (Å²) in [7, 11) is 3.07. The molecule has 0 saturated carbocycles. The predicted octanol–water partition coefficient (Wildman–Crippen LogP) is 4.51. The van der Waals surface area contributed by atoms with Crippen LogP contribution in [0.1, 0.15) is 23.7 Å². The van der Waals surface area contributed by atoms with Crippen LogP contribution in [0.5, 0.6) is 17.2 Å². The topological polar surface area (TPSA) is 56.8 Å². The van der Waals surface area contributed by atoms with E-state index < -0.39 is 0 Å². The molecule has 1 N–H and O–H groups in total. The summed E-state index contributed by atoms with van der Waals surface area (Å²) >= 11 is 3.39. The molecule has 0 atom stereocenters. The molecule has 0 bridgehead atoms. The fourth-order valence-corrected chi connectivity index (χ4v) is 2.64. The Morgan fingerprint density at radius 2 is 1.79 bits per heavy atom. The SMILES string of the molecule is CCCOc1ccccc1NC(=O)c1cc(Br)c(OC)cc1OC. The smallest absolute Gasteiger partial charge is 0.259 e. The van der Waals surface area contributed by atoms with Crippen molar-refractivity contribution in [3.63, 3.8) is 0 Å². The number of hydrogen-bond acceptors (Lipinski definition) is 4. The van der Waals surface area contributed by atoms with Crippen molar-refractivity contribution in [3.05, 3.63) is 46.4 Å². The van der Waals surface area contributed by atoms with E-state index in [1.54, 1.807) is 25.3 Å². The molecular formula is C18H20BrNO4. The van der Waals surface area contributed by atoms with Crippen LogP contribution in [-0.4, -0.2) is 26.7 Å². The molecule has 0 saturated heterocycles. The van der Waals surface area contributed by atoms with Crippen molar-refractivity contribution < 1.29 is 19.0 Å². The van der Waals surface area contributed by atoms with Gasteiger partial charge >= 0.3 is 0 Å². The summed E-state index contributed by atoms with van der Waals surface area (Å²) in [4.78, 5) is 12.7. The second-order valence-corrected chi connectivity index (χ2v) is 5.84. The monoisotopic (exact) mass is 393 g/mol. The van der Waals surface area contributed by atoms with Gasteiger partial charge in [-0.25, -0.2) is 0 Å². The first kappa shape index (κ1) is 18.1. The van der Waals surface area contributed by atoms with Crippen LogP contribution in [0, 0.1) is 0 Å². The lowest BCUT2D eigenvalue weighted by molar-refractivity contribution is 0.102. The van der Waals surface area contributed by atoms with E-state index in [0.29, 0.717) is 39.6 Å². The Morgan fingerprint density at radius 1 is 1.08 bits per heavy atom. The van der Waals surface area contributed by atoms with Gasteiger partial charge in [-0.15, -0.1) is 0 Å². The summed E-state index contributed by atoms with van der Waals surface area (Å²) in [5.74, 6) is 1.37. The average molecular weight is 394 g/mol. The van der Waals surface area contributed by atoms with E-state index in [9.17, 15) is 4.79 Å². The van der Waals surface area contributed by atoms with E-state index in [0.717, 1.165) is 6.42 Å². The number of nitrogens with one attached hydrogen (secondary N) is 1. The summed E-state index contributed by atoms with van der Waals surface area (Å²) in [5, 5.41) is 2.87. The van der Waals surface area contributed by atoms with E-state index in [4.69, 9.17) is 14.2 Å². The zero-order valence-corrected chi connectivity index (χ0v) is 15.5. The van der Waals surface area contributed by atoms with Crippen LogP contribution in [0.2, 0.25) is 0 Å². The molecule has 0 heterocycles. The highest BCUT2D eigenvalue weighted by Crippen LogP contribution is 2.34.